The molecule has 0 spiro atoms. The summed E-state index contributed by atoms with van der Waals surface area (Å²) in [5.41, 5.74) is 0.225. The monoisotopic (exact) mass is 342 g/mol. The number of pyridine rings is 1. The average Bonchev–Trinajstić information content (AvgIpc) is 2.46. The van der Waals surface area contributed by atoms with E-state index in [9.17, 15) is 4.79 Å². The van der Waals surface area contributed by atoms with Gasteiger partial charge in [0.15, 0.2) is 0 Å². The smallest absolute Gasteiger partial charge is 0.410 e. The van der Waals surface area contributed by atoms with Crippen LogP contribution in [0.15, 0.2) is 18.2 Å². The van der Waals surface area contributed by atoms with Crippen molar-refractivity contribution in [3.8, 4) is 0 Å². The van der Waals surface area contributed by atoms with Crippen LogP contribution < -0.4 is 0 Å². The molecule has 1 N–H and O–H groups in total. The van der Waals surface area contributed by atoms with Crippen LogP contribution in [0.3, 0.4) is 0 Å². The molecule has 1 amide bonds. The number of hydrogen-bond donors (Lipinski definition) is 1. The van der Waals surface area contributed by atoms with E-state index in [0.717, 1.165) is 31.8 Å². The third-order valence-electron chi connectivity index (χ3n) is 3.37. The molecule has 0 unspecified atom stereocenters. The molecule has 0 saturated carbocycles. The van der Waals surface area contributed by atoms with E-state index < -0.39 is 0 Å². The molecule has 1 saturated heterocycles. The Morgan fingerprint density at radius 3 is 2.43 bits per heavy atom. The predicted molar refractivity (Wildman–Crippen MR) is 91.4 cm³/mol. The van der Waals surface area contributed by atoms with Gasteiger partial charge in [-0.2, -0.15) is 0 Å². The van der Waals surface area contributed by atoms with Gasteiger partial charge in [-0.15, -0.1) is 0 Å². The fourth-order valence-corrected chi connectivity index (χ4v) is 2.24. The number of carbonyl (C=O) groups is 1. The van der Waals surface area contributed by atoms with Gasteiger partial charge < -0.3 is 14.7 Å². The maximum atomic E-state index is 11.6. The predicted octanol–water partition coefficient (Wildman–Crippen LogP) is 3.88. The molecule has 1 aliphatic rings. The first kappa shape index (κ1) is 19.7. The lowest BCUT2D eigenvalue weighted by Gasteiger charge is -2.32. The van der Waals surface area contributed by atoms with Gasteiger partial charge in [0.2, 0.25) is 0 Å². The number of nitrogens with zero attached hydrogens (tertiary/aromatic N) is 2. The summed E-state index contributed by atoms with van der Waals surface area (Å²) in [5.74, 6) is 0.744. The molecular formula is C17H27ClN2O3. The minimum atomic E-state index is -0.375. The maximum Gasteiger partial charge on any atom is 0.410 e. The van der Waals surface area contributed by atoms with E-state index in [-0.39, 0.29) is 18.3 Å². The summed E-state index contributed by atoms with van der Waals surface area (Å²) in [6.07, 6.45) is 2.03. The lowest BCUT2D eigenvalue weighted by Crippen LogP contribution is -2.41. The summed E-state index contributed by atoms with van der Waals surface area (Å²) in [6.45, 7) is 9.56. The first-order valence-corrected chi connectivity index (χ1v) is 8.29. The van der Waals surface area contributed by atoms with Crippen molar-refractivity contribution in [1.82, 2.24) is 9.88 Å². The highest BCUT2D eigenvalue weighted by Crippen LogP contribution is 2.18. The van der Waals surface area contributed by atoms with Gasteiger partial charge in [-0.05, 0) is 51.7 Å². The third kappa shape index (κ3) is 8.18. The van der Waals surface area contributed by atoms with Gasteiger partial charge in [-0.25, -0.2) is 9.78 Å². The number of halogens is 1. The standard InChI is InChI=1S/C11H21NO2.C6H6ClNO/c1-9-5-7-12(8-6-9)10(13)14-11(2,3)4;7-6-3-1-2-5(4-9)8-6/h9H,5-8H2,1-4H3;1-3,9H,4H2. The highest BCUT2D eigenvalue weighted by molar-refractivity contribution is 6.29. The van der Waals surface area contributed by atoms with Gasteiger partial charge >= 0.3 is 6.09 Å². The van der Waals surface area contributed by atoms with E-state index >= 15 is 0 Å². The number of carbonyl (C=O) groups excluding carboxylic acids is 1. The van der Waals surface area contributed by atoms with Gasteiger partial charge in [0.1, 0.15) is 10.8 Å². The molecule has 2 heterocycles. The number of amides is 1. The SMILES string of the molecule is CC1CCN(C(=O)OC(C)(C)C)CC1.OCc1cccc(Cl)n1. The molecule has 0 radical (unpaired) electrons. The Hall–Kier alpha value is -1.33. The number of hydrogen-bond acceptors (Lipinski definition) is 4. The van der Waals surface area contributed by atoms with Crippen LogP contribution in [0.25, 0.3) is 0 Å². The second kappa shape index (κ2) is 9.08. The number of aromatic nitrogens is 1. The van der Waals surface area contributed by atoms with Gasteiger partial charge in [0.05, 0.1) is 12.3 Å². The normalized spacial score (nSPS) is 15.7. The van der Waals surface area contributed by atoms with Crippen molar-refractivity contribution in [3.63, 3.8) is 0 Å². The summed E-state index contributed by atoms with van der Waals surface area (Å²) in [6, 6.07) is 5.13. The van der Waals surface area contributed by atoms with E-state index in [0.29, 0.717) is 10.8 Å². The molecule has 1 aliphatic heterocycles. The van der Waals surface area contributed by atoms with Crippen molar-refractivity contribution in [1.29, 1.82) is 0 Å². The van der Waals surface area contributed by atoms with Crippen LogP contribution in [-0.2, 0) is 11.3 Å². The Balaban J connectivity index is 0.000000253. The van der Waals surface area contributed by atoms with Gasteiger partial charge in [0.25, 0.3) is 0 Å². The molecule has 5 nitrogen and oxygen atoms in total. The fourth-order valence-electron chi connectivity index (χ4n) is 2.06. The molecule has 23 heavy (non-hydrogen) atoms. The molecule has 2 rings (SSSR count). The molecule has 0 atom stereocenters. The molecular weight excluding hydrogens is 316 g/mol. The lowest BCUT2D eigenvalue weighted by molar-refractivity contribution is 0.0190. The lowest BCUT2D eigenvalue weighted by atomic mass is 10.00. The summed E-state index contributed by atoms with van der Waals surface area (Å²) >= 11 is 5.50. The molecule has 0 aliphatic carbocycles. The summed E-state index contributed by atoms with van der Waals surface area (Å²) in [5, 5.41) is 8.96. The van der Waals surface area contributed by atoms with Crippen LogP contribution in [0.1, 0.15) is 46.2 Å². The minimum absolute atomic E-state index is 0.0550. The van der Waals surface area contributed by atoms with E-state index in [4.69, 9.17) is 21.4 Å². The second-order valence-corrected chi connectivity index (χ2v) is 7.15. The highest BCUT2D eigenvalue weighted by atomic mass is 35.5. The minimum Gasteiger partial charge on any atom is -0.444 e. The zero-order valence-corrected chi connectivity index (χ0v) is 15.1. The molecule has 1 aromatic rings. The first-order valence-electron chi connectivity index (χ1n) is 7.91. The topological polar surface area (TPSA) is 62.7 Å². The van der Waals surface area contributed by atoms with E-state index in [1.807, 2.05) is 25.7 Å². The van der Waals surface area contributed by atoms with Crippen LogP contribution in [0.5, 0.6) is 0 Å². The van der Waals surface area contributed by atoms with Gasteiger partial charge in [-0.1, -0.05) is 24.6 Å². The number of ether oxygens (including phenoxy) is 1. The Morgan fingerprint density at radius 1 is 1.39 bits per heavy atom. The number of likely N-dealkylation sites (tertiary alicyclic amines) is 1. The first-order chi connectivity index (χ1) is 10.7. The van der Waals surface area contributed by atoms with Crippen LogP contribution in [-0.4, -0.2) is 39.8 Å². The third-order valence-corrected chi connectivity index (χ3v) is 3.58. The molecule has 130 valence electrons. The van der Waals surface area contributed by atoms with Crippen molar-refractivity contribution in [2.75, 3.05) is 13.1 Å². The largest absolute Gasteiger partial charge is 0.444 e. The van der Waals surface area contributed by atoms with Crippen LogP contribution in [0, 0.1) is 5.92 Å². The Bertz CT molecular complexity index is 495. The quantitative estimate of drug-likeness (QED) is 0.787. The summed E-state index contributed by atoms with van der Waals surface area (Å²) in [4.78, 5) is 17.2. The van der Waals surface area contributed by atoms with Crippen molar-refractivity contribution >= 4 is 17.7 Å². The zero-order chi connectivity index (χ0) is 17.5. The molecule has 0 aromatic carbocycles. The van der Waals surface area contributed by atoms with E-state index in [1.165, 1.54) is 0 Å². The van der Waals surface area contributed by atoms with Crippen molar-refractivity contribution in [3.05, 3.63) is 29.0 Å². The van der Waals surface area contributed by atoms with Crippen molar-refractivity contribution < 1.29 is 14.6 Å². The van der Waals surface area contributed by atoms with Crippen LogP contribution >= 0.6 is 11.6 Å². The van der Waals surface area contributed by atoms with Crippen molar-refractivity contribution in [2.45, 2.75) is 52.7 Å². The maximum absolute atomic E-state index is 11.6. The van der Waals surface area contributed by atoms with Crippen LogP contribution in [0.4, 0.5) is 4.79 Å². The number of rotatable bonds is 1. The average molecular weight is 343 g/mol. The number of aliphatic hydroxyl groups is 1. The highest BCUT2D eigenvalue weighted by Gasteiger charge is 2.25. The van der Waals surface area contributed by atoms with Crippen LogP contribution in [0.2, 0.25) is 5.15 Å². The van der Waals surface area contributed by atoms with Gasteiger partial charge in [0, 0.05) is 13.1 Å². The van der Waals surface area contributed by atoms with Crippen molar-refractivity contribution in [2.24, 2.45) is 5.92 Å². The van der Waals surface area contributed by atoms with E-state index in [2.05, 4.69) is 11.9 Å². The molecule has 1 fully saturated rings. The summed E-state index contributed by atoms with van der Waals surface area (Å²) in [7, 11) is 0. The number of aliphatic hydroxyl groups excluding tert-OH is 1. The zero-order valence-electron chi connectivity index (χ0n) is 14.4. The van der Waals surface area contributed by atoms with E-state index in [1.54, 1.807) is 18.2 Å². The molecule has 6 heteroatoms. The Kier molecular flexibility index (Phi) is 7.79. The Labute approximate surface area is 143 Å². The number of piperidine rings is 1. The van der Waals surface area contributed by atoms with Gasteiger partial charge in [-0.3, -0.25) is 0 Å². The Morgan fingerprint density at radius 2 is 2.00 bits per heavy atom. The molecule has 0 bridgehead atoms. The summed E-state index contributed by atoms with van der Waals surface area (Å²) < 4.78 is 5.30. The fraction of sp³-hybridized carbons (Fsp3) is 0.647. The second-order valence-electron chi connectivity index (χ2n) is 6.76. The molecule has 1 aromatic heterocycles.